The molecule has 0 fully saturated rings. The molecule has 0 heterocycles. The molecule has 15 heavy (non-hydrogen) atoms. The average Bonchev–Trinajstić information content (AvgIpc) is 2.24. The van der Waals surface area contributed by atoms with Crippen molar-refractivity contribution in [3.8, 4) is 11.5 Å². The van der Waals surface area contributed by atoms with Crippen molar-refractivity contribution in [2.24, 2.45) is 0 Å². The molecule has 0 aliphatic rings. The van der Waals surface area contributed by atoms with Crippen molar-refractivity contribution >= 4 is 0 Å². The van der Waals surface area contributed by atoms with E-state index in [9.17, 15) is 10.2 Å². The van der Waals surface area contributed by atoms with Gasteiger partial charge >= 0.3 is 0 Å². The fourth-order valence-electron chi connectivity index (χ4n) is 2.07. The molecule has 1 rings (SSSR count). The highest BCUT2D eigenvalue weighted by Crippen LogP contribution is 2.35. The lowest BCUT2D eigenvalue weighted by molar-refractivity contribution is 0.398. The average molecular weight is 208 g/mol. The molecule has 2 nitrogen and oxygen atoms in total. The SMILES string of the molecule is CCCc1c(CC)cc(O)c(O)c1CC. The second-order valence-corrected chi connectivity index (χ2v) is 3.82. The smallest absolute Gasteiger partial charge is 0.160 e. The molecular weight excluding hydrogens is 188 g/mol. The van der Waals surface area contributed by atoms with Gasteiger partial charge in [-0.25, -0.2) is 0 Å². The summed E-state index contributed by atoms with van der Waals surface area (Å²) in [6.07, 6.45) is 3.70. The van der Waals surface area contributed by atoms with Crippen LogP contribution in [0.2, 0.25) is 0 Å². The minimum atomic E-state index is 0.0172. The van der Waals surface area contributed by atoms with Crippen LogP contribution in [0.15, 0.2) is 6.07 Å². The number of phenols is 2. The van der Waals surface area contributed by atoms with Crippen molar-refractivity contribution in [3.05, 3.63) is 22.8 Å². The van der Waals surface area contributed by atoms with Gasteiger partial charge in [0.1, 0.15) is 0 Å². The van der Waals surface area contributed by atoms with Gasteiger partial charge in [-0.2, -0.15) is 0 Å². The molecule has 0 unspecified atom stereocenters. The number of hydrogen-bond donors (Lipinski definition) is 2. The van der Waals surface area contributed by atoms with Gasteiger partial charge in [0.15, 0.2) is 11.5 Å². The maximum atomic E-state index is 9.77. The van der Waals surface area contributed by atoms with E-state index >= 15 is 0 Å². The van der Waals surface area contributed by atoms with Crippen LogP contribution in [0.3, 0.4) is 0 Å². The molecule has 1 aromatic carbocycles. The molecule has 0 saturated carbocycles. The molecule has 0 spiro atoms. The maximum absolute atomic E-state index is 9.77. The molecule has 0 aliphatic carbocycles. The topological polar surface area (TPSA) is 40.5 Å². The number of hydrogen-bond acceptors (Lipinski definition) is 2. The van der Waals surface area contributed by atoms with E-state index in [0.29, 0.717) is 0 Å². The summed E-state index contributed by atoms with van der Waals surface area (Å²) in [5.41, 5.74) is 3.29. The normalized spacial score (nSPS) is 10.6. The fraction of sp³-hybridized carbons (Fsp3) is 0.538. The van der Waals surface area contributed by atoms with E-state index in [-0.39, 0.29) is 11.5 Å². The van der Waals surface area contributed by atoms with Crippen molar-refractivity contribution in [3.63, 3.8) is 0 Å². The summed E-state index contributed by atoms with van der Waals surface area (Å²) in [6, 6.07) is 1.69. The van der Waals surface area contributed by atoms with E-state index in [1.54, 1.807) is 6.07 Å². The first-order valence-electron chi connectivity index (χ1n) is 5.71. The van der Waals surface area contributed by atoms with Gasteiger partial charge in [-0.1, -0.05) is 27.2 Å². The molecule has 0 aromatic heterocycles. The lowest BCUT2D eigenvalue weighted by atomic mass is 9.93. The van der Waals surface area contributed by atoms with Crippen LogP contribution in [0, 0.1) is 0 Å². The molecule has 2 heteroatoms. The number of benzene rings is 1. The number of rotatable bonds is 4. The molecule has 1 aromatic rings. The molecule has 0 atom stereocenters. The van der Waals surface area contributed by atoms with E-state index in [1.807, 2.05) is 6.92 Å². The third kappa shape index (κ3) is 2.25. The Kier molecular flexibility index (Phi) is 4.01. The number of aromatic hydroxyl groups is 2. The second kappa shape index (κ2) is 5.06. The molecule has 0 saturated heterocycles. The molecule has 84 valence electrons. The molecule has 0 bridgehead atoms. The zero-order valence-corrected chi connectivity index (χ0v) is 9.80. The van der Waals surface area contributed by atoms with Crippen LogP contribution in [0.4, 0.5) is 0 Å². The third-order valence-corrected chi connectivity index (χ3v) is 2.83. The van der Waals surface area contributed by atoms with E-state index in [4.69, 9.17) is 0 Å². The Hall–Kier alpha value is -1.18. The highest BCUT2D eigenvalue weighted by atomic mass is 16.3. The summed E-state index contributed by atoms with van der Waals surface area (Å²) < 4.78 is 0. The van der Waals surface area contributed by atoms with E-state index in [2.05, 4.69) is 13.8 Å². The Balaban J connectivity index is 3.35. The quantitative estimate of drug-likeness (QED) is 0.746. The highest BCUT2D eigenvalue weighted by Gasteiger charge is 2.14. The third-order valence-electron chi connectivity index (χ3n) is 2.83. The summed E-state index contributed by atoms with van der Waals surface area (Å²) in [5.74, 6) is 0.0849. The Labute approximate surface area is 91.6 Å². The molecule has 0 amide bonds. The minimum Gasteiger partial charge on any atom is -0.504 e. The minimum absolute atomic E-state index is 0.0172. The molecular formula is C13H20O2. The largest absolute Gasteiger partial charge is 0.504 e. The van der Waals surface area contributed by atoms with Gasteiger partial charge in [-0.3, -0.25) is 0 Å². The van der Waals surface area contributed by atoms with Crippen LogP contribution < -0.4 is 0 Å². The summed E-state index contributed by atoms with van der Waals surface area (Å²) >= 11 is 0. The lowest BCUT2D eigenvalue weighted by Crippen LogP contribution is -1.99. The second-order valence-electron chi connectivity index (χ2n) is 3.82. The van der Waals surface area contributed by atoms with Gasteiger partial charge in [0.25, 0.3) is 0 Å². The summed E-state index contributed by atoms with van der Waals surface area (Å²) in [4.78, 5) is 0. The molecule has 0 aliphatic heterocycles. The van der Waals surface area contributed by atoms with E-state index < -0.39 is 0 Å². The number of aryl methyl sites for hydroxylation is 1. The van der Waals surface area contributed by atoms with E-state index in [1.165, 1.54) is 5.56 Å². The highest BCUT2D eigenvalue weighted by molar-refractivity contribution is 5.53. The monoisotopic (exact) mass is 208 g/mol. The standard InChI is InChI=1S/C13H20O2/c1-4-7-11-9(5-2)8-12(14)13(15)10(11)6-3/h8,14-15H,4-7H2,1-3H3. The van der Waals surface area contributed by atoms with Gasteiger partial charge in [-0.15, -0.1) is 0 Å². The summed E-state index contributed by atoms with van der Waals surface area (Å²) in [5, 5.41) is 19.4. The Morgan fingerprint density at radius 3 is 2.13 bits per heavy atom. The summed E-state index contributed by atoms with van der Waals surface area (Å²) in [7, 11) is 0. The van der Waals surface area contributed by atoms with Gasteiger partial charge in [0.2, 0.25) is 0 Å². The van der Waals surface area contributed by atoms with Gasteiger partial charge in [-0.05, 0) is 36.5 Å². The first kappa shape index (κ1) is 11.9. The van der Waals surface area contributed by atoms with Crippen LogP contribution in [0.1, 0.15) is 43.9 Å². The van der Waals surface area contributed by atoms with Crippen LogP contribution in [-0.4, -0.2) is 10.2 Å². The zero-order chi connectivity index (χ0) is 11.4. The van der Waals surface area contributed by atoms with Crippen molar-refractivity contribution in [2.45, 2.75) is 46.5 Å². The van der Waals surface area contributed by atoms with Gasteiger partial charge in [0, 0.05) is 5.56 Å². The molecule has 2 N–H and O–H groups in total. The lowest BCUT2D eigenvalue weighted by Gasteiger charge is -2.15. The van der Waals surface area contributed by atoms with Crippen LogP contribution in [-0.2, 0) is 19.3 Å². The Morgan fingerprint density at radius 1 is 1.00 bits per heavy atom. The maximum Gasteiger partial charge on any atom is 0.160 e. The summed E-state index contributed by atoms with van der Waals surface area (Å²) in [6.45, 7) is 6.21. The van der Waals surface area contributed by atoms with E-state index in [0.717, 1.165) is 36.8 Å². The fourth-order valence-corrected chi connectivity index (χ4v) is 2.07. The van der Waals surface area contributed by atoms with Crippen LogP contribution >= 0.6 is 0 Å². The Morgan fingerprint density at radius 2 is 1.67 bits per heavy atom. The predicted octanol–water partition coefficient (Wildman–Crippen LogP) is 3.18. The van der Waals surface area contributed by atoms with Crippen molar-refractivity contribution in [2.75, 3.05) is 0 Å². The number of phenolic OH excluding ortho intramolecular Hbond substituents is 2. The Bertz CT molecular complexity index is 343. The van der Waals surface area contributed by atoms with Gasteiger partial charge < -0.3 is 10.2 Å². The zero-order valence-electron chi connectivity index (χ0n) is 9.80. The van der Waals surface area contributed by atoms with Crippen LogP contribution in [0.25, 0.3) is 0 Å². The van der Waals surface area contributed by atoms with Crippen molar-refractivity contribution in [1.29, 1.82) is 0 Å². The molecule has 0 radical (unpaired) electrons. The van der Waals surface area contributed by atoms with Crippen molar-refractivity contribution in [1.82, 2.24) is 0 Å². The first-order chi connectivity index (χ1) is 7.15. The van der Waals surface area contributed by atoms with Gasteiger partial charge in [0.05, 0.1) is 0 Å². The first-order valence-corrected chi connectivity index (χ1v) is 5.71. The van der Waals surface area contributed by atoms with Crippen LogP contribution in [0.5, 0.6) is 11.5 Å². The predicted molar refractivity (Wildman–Crippen MR) is 62.5 cm³/mol. The van der Waals surface area contributed by atoms with Crippen molar-refractivity contribution < 1.29 is 10.2 Å².